The van der Waals surface area contributed by atoms with Crippen molar-refractivity contribution < 1.29 is 31.5 Å². The fourth-order valence-electron chi connectivity index (χ4n) is 3.05. The van der Waals surface area contributed by atoms with Crippen molar-refractivity contribution in [1.29, 1.82) is 0 Å². The first-order valence-corrected chi connectivity index (χ1v) is 10.1. The molecule has 1 aromatic carbocycles. The number of carbonyl (C=O) groups is 1. The molecule has 1 aromatic rings. The van der Waals surface area contributed by atoms with E-state index in [4.69, 9.17) is 0 Å². The zero-order valence-corrected chi connectivity index (χ0v) is 14.9. The van der Waals surface area contributed by atoms with E-state index in [0.29, 0.717) is 18.4 Å². The largest absolute Gasteiger partial charge is 0.416 e. The molecule has 0 heterocycles. The molecule has 1 aliphatic carbocycles. The van der Waals surface area contributed by atoms with Gasteiger partial charge in [-0.15, -0.1) is 0 Å². The molecule has 0 aliphatic heterocycles. The maximum atomic E-state index is 12.6. The summed E-state index contributed by atoms with van der Waals surface area (Å²) < 4.78 is 62.0. The number of halogens is 3. The second kappa shape index (κ2) is 8.39. The molecule has 0 unspecified atom stereocenters. The predicted octanol–water partition coefficient (Wildman–Crippen LogP) is 2.60. The first kappa shape index (κ1) is 20.7. The Hall–Kier alpha value is -1.61. The lowest BCUT2D eigenvalue weighted by atomic mass is 10.0. The van der Waals surface area contributed by atoms with Gasteiger partial charge in [-0.3, -0.25) is 4.79 Å². The first-order chi connectivity index (χ1) is 12.1. The highest BCUT2D eigenvalue weighted by Gasteiger charge is 2.31. The van der Waals surface area contributed by atoms with Gasteiger partial charge in [-0.1, -0.05) is 25.0 Å². The molecule has 1 saturated carbocycles. The van der Waals surface area contributed by atoms with Crippen molar-refractivity contribution in [2.45, 2.75) is 49.6 Å². The van der Waals surface area contributed by atoms with Crippen molar-refractivity contribution in [3.8, 4) is 0 Å². The summed E-state index contributed by atoms with van der Waals surface area (Å²) in [6.07, 6.45) is -1.72. The Labute approximate surface area is 150 Å². The highest BCUT2D eigenvalue weighted by Crippen LogP contribution is 2.30. The van der Waals surface area contributed by atoms with Crippen molar-refractivity contribution >= 4 is 15.7 Å². The van der Waals surface area contributed by atoms with Crippen LogP contribution in [0.1, 0.15) is 49.3 Å². The summed E-state index contributed by atoms with van der Waals surface area (Å²) in [6.45, 7) is -0.507. The van der Waals surface area contributed by atoms with E-state index in [1.807, 2.05) is 0 Å². The fourth-order valence-corrected chi connectivity index (χ4v) is 4.91. The number of aliphatic hydroxyl groups is 1. The van der Waals surface area contributed by atoms with E-state index < -0.39 is 40.1 Å². The monoisotopic (exact) mass is 393 g/mol. The lowest BCUT2D eigenvalue weighted by molar-refractivity contribution is -0.137. The van der Waals surface area contributed by atoms with Gasteiger partial charge in [0.25, 0.3) is 0 Å². The molecule has 0 bridgehead atoms. The van der Waals surface area contributed by atoms with Crippen molar-refractivity contribution in [1.82, 2.24) is 5.32 Å². The molecule has 9 heteroatoms. The summed E-state index contributed by atoms with van der Waals surface area (Å²) in [5.41, 5.74) is -0.514. The number of sulfone groups is 1. The minimum absolute atomic E-state index is 0.240. The van der Waals surface area contributed by atoms with Crippen molar-refractivity contribution in [3.63, 3.8) is 0 Å². The molecule has 2 N–H and O–H groups in total. The second-order valence-corrected chi connectivity index (χ2v) is 8.85. The predicted molar refractivity (Wildman–Crippen MR) is 90.1 cm³/mol. The van der Waals surface area contributed by atoms with Gasteiger partial charge in [0.2, 0.25) is 5.91 Å². The number of rotatable bonds is 7. The van der Waals surface area contributed by atoms with Gasteiger partial charge in [0, 0.05) is 6.42 Å². The molecule has 0 spiro atoms. The molecule has 0 aromatic heterocycles. The molecule has 5 nitrogen and oxygen atoms in total. The third-order valence-electron chi connectivity index (χ3n) is 4.58. The Bertz CT molecular complexity index is 711. The lowest BCUT2D eigenvalue weighted by Crippen LogP contribution is -2.33. The number of nitrogens with one attached hydrogen (secondary N) is 1. The molecule has 1 fully saturated rings. The van der Waals surface area contributed by atoms with E-state index in [1.165, 1.54) is 12.1 Å². The number of carbonyl (C=O) groups excluding carboxylic acids is 1. The zero-order chi connectivity index (χ0) is 19.4. The van der Waals surface area contributed by atoms with Crippen LogP contribution in [0.2, 0.25) is 0 Å². The van der Waals surface area contributed by atoms with Crippen molar-refractivity contribution in [2.24, 2.45) is 0 Å². The zero-order valence-electron chi connectivity index (χ0n) is 14.1. The Morgan fingerprint density at radius 1 is 1.19 bits per heavy atom. The van der Waals surface area contributed by atoms with Crippen LogP contribution in [-0.4, -0.2) is 37.0 Å². The van der Waals surface area contributed by atoms with Gasteiger partial charge in [-0.05, 0) is 30.5 Å². The number of amides is 1. The van der Waals surface area contributed by atoms with E-state index in [9.17, 15) is 31.5 Å². The number of benzene rings is 1. The maximum Gasteiger partial charge on any atom is 0.416 e. The standard InChI is InChI=1S/C17H22F3NO4S/c18-17(19,20)13-7-5-12(6-8-13)15(11-22)21-16(23)9-10-26(24,25)14-3-1-2-4-14/h5-8,14-15,22H,1-4,9-11H2,(H,21,23)/t15-/m0/s1. The first-order valence-electron chi connectivity index (χ1n) is 8.42. The van der Waals surface area contributed by atoms with Gasteiger partial charge in [0.1, 0.15) is 0 Å². The van der Waals surface area contributed by atoms with Crippen LogP contribution in [0.5, 0.6) is 0 Å². The number of aliphatic hydroxyl groups excluding tert-OH is 1. The fraction of sp³-hybridized carbons (Fsp3) is 0.588. The van der Waals surface area contributed by atoms with Gasteiger partial charge in [-0.25, -0.2) is 8.42 Å². The van der Waals surface area contributed by atoms with E-state index in [2.05, 4.69) is 5.32 Å². The average Bonchev–Trinajstić information content (AvgIpc) is 3.13. The second-order valence-electron chi connectivity index (χ2n) is 6.45. The van der Waals surface area contributed by atoms with E-state index in [1.54, 1.807) is 0 Å². The third kappa shape index (κ3) is 5.44. The smallest absolute Gasteiger partial charge is 0.394 e. The van der Waals surface area contributed by atoms with Gasteiger partial charge in [-0.2, -0.15) is 13.2 Å². The van der Waals surface area contributed by atoms with Crippen LogP contribution >= 0.6 is 0 Å². The molecule has 0 radical (unpaired) electrons. The van der Waals surface area contributed by atoms with Gasteiger partial charge >= 0.3 is 6.18 Å². The average molecular weight is 393 g/mol. The van der Waals surface area contributed by atoms with Crippen LogP contribution in [0.4, 0.5) is 13.2 Å². The molecule has 0 saturated heterocycles. The van der Waals surface area contributed by atoms with E-state index in [-0.39, 0.29) is 17.4 Å². The van der Waals surface area contributed by atoms with E-state index in [0.717, 1.165) is 25.0 Å². The van der Waals surface area contributed by atoms with Crippen LogP contribution in [0.15, 0.2) is 24.3 Å². The molecule has 1 aliphatic rings. The molecular formula is C17H22F3NO4S. The van der Waals surface area contributed by atoms with Gasteiger partial charge in [0.05, 0.1) is 29.2 Å². The van der Waals surface area contributed by atoms with Crippen LogP contribution in [0.25, 0.3) is 0 Å². The SMILES string of the molecule is O=C(CCS(=O)(=O)C1CCCC1)N[C@@H](CO)c1ccc(C(F)(F)F)cc1. The summed E-state index contributed by atoms with van der Waals surface area (Å²) in [4.78, 5) is 12.0. The molecule has 1 amide bonds. The molecule has 146 valence electrons. The summed E-state index contributed by atoms with van der Waals surface area (Å²) >= 11 is 0. The maximum absolute atomic E-state index is 12.6. The Balaban J connectivity index is 1.93. The van der Waals surface area contributed by atoms with Crippen LogP contribution in [0, 0.1) is 0 Å². The van der Waals surface area contributed by atoms with Gasteiger partial charge in [0.15, 0.2) is 9.84 Å². The lowest BCUT2D eigenvalue weighted by Gasteiger charge is -2.18. The normalized spacial score (nSPS) is 17.2. The third-order valence-corrected chi connectivity index (χ3v) is 6.84. The Kier molecular flexibility index (Phi) is 6.68. The topological polar surface area (TPSA) is 83.5 Å². The Morgan fingerprint density at radius 2 is 1.77 bits per heavy atom. The number of hydrogen-bond acceptors (Lipinski definition) is 4. The highest BCUT2D eigenvalue weighted by atomic mass is 32.2. The summed E-state index contributed by atoms with van der Waals surface area (Å²) in [5.74, 6) is -0.834. The molecule has 26 heavy (non-hydrogen) atoms. The number of alkyl halides is 3. The van der Waals surface area contributed by atoms with Crippen molar-refractivity contribution in [3.05, 3.63) is 35.4 Å². The summed E-state index contributed by atoms with van der Waals surface area (Å²) in [6, 6.07) is 3.21. The van der Waals surface area contributed by atoms with E-state index >= 15 is 0 Å². The quantitative estimate of drug-likeness (QED) is 0.746. The summed E-state index contributed by atoms with van der Waals surface area (Å²) in [5, 5.41) is 11.5. The van der Waals surface area contributed by atoms with Crippen LogP contribution in [0.3, 0.4) is 0 Å². The van der Waals surface area contributed by atoms with Crippen LogP contribution in [-0.2, 0) is 20.8 Å². The molecule has 1 atom stereocenters. The highest BCUT2D eigenvalue weighted by molar-refractivity contribution is 7.92. The van der Waals surface area contributed by atoms with Gasteiger partial charge < -0.3 is 10.4 Å². The molecular weight excluding hydrogens is 371 g/mol. The minimum atomic E-state index is -4.47. The van der Waals surface area contributed by atoms with Crippen molar-refractivity contribution in [2.75, 3.05) is 12.4 Å². The van der Waals surface area contributed by atoms with Crippen LogP contribution < -0.4 is 5.32 Å². The Morgan fingerprint density at radius 3 is 2.27 bits per heavy atom. The minimum Gasteiger partial charge on any atom is -0.394 e. The molecule has 2 rings (SSSR count). The number of hydrogen-bond donors (Lipinski definition) is 2. The summed E-state index contributed by atoms with van der Waals surface area (Å²) in [7, 11) is -3.33.